The smallest absolute Gasteiger partial charge is 0.269 e. The van der Waals surface area contributed by atoms with Crippen LogP contribution in [0.2, 0.25) is 0 Å². The fourth-order valence-corrected chi connectivity index (χ4v) is 4.05. The number of nitrogens with one attached hydrogen (secondary N) is 3. The molecular formula is C27H26FN7O3. The molecule has 5 rings (SSSR count). The van der Waals surface area contributed by atoms with E-state index in [4.69, 9.17) is 4.74 Å². The maximum atomic E-state index is 14.5. The van der Waals surface area contributed by atoms with Crippen LogP contribution in [0.25, 0.3) is 0 Å². The van der Waals surface area contributed by atoms with Crippen molar-refractivity contribution in [3.05, 3.63) is 100 Å². The van der Waals surface area contributed by atoms with Crippen molar-refractivity contribution >= 4 is 40.2 Å². The largest absolute Gasteiger partial charge is 0.381 e. The van der Waals surface area contributed by atoms with Crippen LogP contribution >= 0.6 is 0 Å². The monoisotopic (exact) mass is 515 g/mol. The zero-order valence-electron chi connectivity index (χ0n) is 20.4. The van der Waals surface area contributed by atoms with Gasteiger partial charge in [-0.3, -0.25) is 10.1 Å². The lowest BCUT2D eigenvalue weighted by Crippen LogP contribution is -2.36. The van der Waals surface area contributed by atoms with E-state index in [9.17, 15) is 14.5 Å². The summed E-state index contributed by atoms with van der Waals surface area (Å²) in [6, 6.07) is 21.6. The molecule has 0 saturated carbocycles. The Morgan fingerprint density at radius 2 is 1.71 bits per heavy atom. The van der Waals surface area contributed by atoms with Crippen LogP contribution in [0.3, 0.4) is 0 Å². The molecule has 0 radical (unpaired) electrons. The van der Waals surface area contributed by atoms with E-state index in [1.165, 1.54) is 12.1 Å². The van der Waals surface area contributed by atoms with E-state index in [0.717, 1.165) is 55.1 Å². The minimum absolute atomic E-state index is 0.0308. The molecule has 1 aliphatic heterocycles. The third-order valence-electron chi connectivity index (χ3n) is 5.99. The molecule has 194 valence electrons. The summed E-state index contributed by atoms with van der Waals surface area (Å²) in [4.78, 5) is 21.2. The van der Waals surface area contributed by atoms with Gasteiger partial charge in [-0.25, -0.2) is 9.37 Å². The first-order valence-electron chi connectivity index (χ1n) is 12.1. The van der Waals surface area contributed by atoms with E-state index in [1.54, 1.807) is 18.2 Å². The predicted octanol–water partition coefficient (Wildman–Crippen LogP) is 5.46. The molecule has 38 heavy (non-hydrogen) atoms. The summed E-state index contributed by atoms with van der Waals surface area (Å²) in [5.74, 6) is -0.301. The van der Waals surface area contributed by atoms with Gasteiger partial charge in [-0.05, 0) is 48.0 Å². The number of halogens is 1. The van der Waals surface area contributed by atoms with Crippen molar-refractivity contribution in [2.24, 2.45) is 0 Å². The molecule has 3 aromatic carbocycles. The Kier molecular flexibility index (Phi) is 7.55. The molecular weight excluding hydrogens is 489 g/mol. The van der Waals surface area contributed by atoms with E-state index >= 15 is 0 Å². The second-order valence-corrected chi connectivity index (χ2v) is 8.65. The number of nitro groups is 1. The standard InChI is InChI=1S/C27H26FN7O3/c28-25-18-30-27(32-20-7-9-23(10-8-20)34-11-13-38-14-12-34)33-26(25)31-22-5-2-4-21(16-22)29-17-19-3-1-6-24(15-19)35(36)37/h1-10,15-16,18,29H,11-14,17H2,(H2,30,31,32,33). The fourth-order valence-electron chi connectivity index (χ4n) is 4.05. The zero-order valence-corrected chi connectivity index (χ0v) is 20.4. The van der Waals surface area contributed by atoms with Crippen LogP contribution in [-0.2, 0) is 11.3 Å². The Hall–Kier alpha value is -4.77. The van der Waals surface area contributed by atoms with Gasteiger partial charge in [0.1, 0.15) is 0 Å². The third kappa shape index (κ3) is 6.31. The first-order chi connectivity index (χ1) is 18.5. The molecule has 0 bridgehead atoms. The van der Waals surface area contributed by atoms with Gasteiger partial charge in [0.2, 0.25) is 5.95 Å². The van der Waals surface area contributed by atoms with Crippen molar-refractivity contribution < 1.29 is 14.1 Å². The van der Waals surface area contributed by atoms with Crippen LogP contribution in [0.5, 0.6) is 0 Å². The maximum Gasteiger partial charge on any atom is 0.269 e. The molecule has 1 fully saturated rings. The number of hydrogen-bond donors (Lipinski definition) is 3. The van der Waals surface area contributed by atoms with Gasteiger partial charge in [0, 0.05) is 54.5 Å². The van der Waals surface area contributed by atoms with Gasteiger partial charge < -0.3 is 25.6 Å². The summed E-state index contributed by atoms with van der Waals surface area (Å²) in [5, 5.41) is 20.3. The van der Waals surface area contributed by atoms with Gasteiger partial charge >= 0.3 is 0 Å². The number of anilines is 6. The molecule has 11 heteroatoms. The van der Waals surface area contributed by atoms with E-state index in [-0.39, 0.29) is 17.5 Å². The Labute approximate surface area is 218 Å². The van der Waals surface area contributed by atoms with Crippen LogP contribution in [0.15, 0.2) is 79.0 Å². The number of hydrogen-bond acceptors (Lipinski definition) is 9. The molecule has 0 spiro atoms. The number of benzene rings is 3. The molecule has 0 amide bonds. The number of aromatic nitrogens is 2. The Morgan fingerprint density at radius 3 is 2.50 bits per heavy atom. The van der Waals surface area contributed by atoms with Crippen molar-refractivity contribution in [2.75, 3.05) is 47.2 Å². The van der Waals surface area contributed by atoms with Crippen molar-refractivity contribution in [3.8, 4) is 0 Å². The third-order valence-corrected chi connectivity index (χ3v) is 5.99. The molecule has 2 heterocycles. The summed E-state index contributed by atoms with van der Waals surface area (Å²) in [6.07, 6.45) is 1.12. The van der Waals surface area contributed by atoms with Gasteiger partial charge in [0.15, 0.2) is 11.6 Å². The minimum atomic E-state index is -0.590. The SMILES string of the molecule is O=[N+]([O-])c1cccc(CNc2cccc(Nc3nc(Nc4ccc(N5CCOCC5)cc4)ncc3F)c2)c1. The molecule has 10 nitrogen and oxygen atoms in total. The first-order valence-corrected chi connectivity index (χ1v) is 12.1. The van der Waals surface area contributed by atoms with Crippen LogP contribution < -0.4 is 20.9 Å². The van der Waals surface area contributed by atoms with Crippen LogP contribution in [0.4, 0.5) is 44.6 Å². The lowest BCUT2D eigenvalue weighted by Gasteiger charge is -2.28. The predicted molar refractivity (Wildman–Crippen MR) is 145 cm³/mol. The highest BCUT2D eigenvalue weighted by Gasteiger charge is 2.12. The van der Waals surface area contributed by atoms with E-state index in [0.29, 0.717) is 12.2 Å². The number of nitro benzene ring substituents is 1. The van der Waals surface area contributed by atoms with Crippen molar-refractivity contribution in [3.63, 3.8) is 0 Å². The first kappa shape index (κ1) is 24.9. The van der Waals surface area contributed by atoms with E-state index in [2.05, 4.69) is 30.8 Å². The molecule has 0 unspecified atom stereocenters. The number of morpholine rings is 1. The second kappa shape index (κ2) is 11.5. The van der Waals surface area contributed by atoms with E-state index in [1.807, 2.05) is 42.5 Å². The summed E-state index contributed by atoms with van der Waals surface area (Å²) < 4.78 is 19.9. The van der Waals surface area contributed by atoms with Crippen molar-refractivity contribution in [2.45, 2.75) is 6.54 Å². The zero-order chi connectivity index (χ0) is 26.3. The molecule has 4 aromatic rings. The minimum Gasteiger partial charge on any atom is -0.381 e. The number of ether oxygens (including phenoxy) is 1. The van der Waals surface area contributed by atoms with Crippen molar-refractivity contribution in [1.82, 2.24) is 9.97 Å². The van der Waals surface area contributed by atoms with Gasteiger partial charge in [-0.2, -0.15) is 4.98 Å². The van der Waals surface area contributed by atoms with E-state index < -0.39 is 10.7 Å². The topological polar surface area (TPSA) is 117 Å². The van der Waals surface area contributed by atoms with Gasteiger partial charge in [0.25, 0.3) is 5.69 Å². The van der Waals surface area contributed by atoms with Gasteiger partial charge in [0.05, 0.1) is 24.3 Å². The van der Waals surface area contributed by atoms with Crippen LogP contribution in [-0.4, -0.2) is 41.2 Å². The Bertz CT molecular complexity index is 1410. The highest BCUT2D eigenvalue weighted by molar-refractivity contribution is 5.65. The molecule has 1 saturated heterocycles. The van der Waals surface area contributed by atoms with Crippen molar-refractivity contribution in [1.29, 1.82) is 0 Å². The molecule has 3 N–H and O–H groups in total. The average Bonchev–Trinajstić information content (AvgIpc) is 2.95. The molecule has 1 aliphatic rings. The van der Waals surface area contributed by atoms with Gasteiger partial charge in [-0.15, -0.1) is 0 Å². The molecule has 0 atom stereocenters. The lowest BCUT2D eigenvalue weighted by atomic mass is 10.2. The van der Waals surface area contributed by atoms with Gasteiger partial charge in [-0.1, -0.05) is 18.2 Å². The maximum absolute atomic E-state index is 14.5. The molecule has 0 aliphatic carbocycles. The Morgan fingerprint density at radius 1 is 0.947 bits per heavy atom. The summed E-state index contributed by atoms with van der Waals surface area (Å²) in [7, 11) is 0. The number of nitrogens with zero attached hydrogens (tertiary/aromatic N) is 4. The summed E-state index contributed by atoms with van der Waals surface area (Å²) in [5.41, 5.74) is 4.08. The van der Waals surface area contributed by atoms with Crippen LogP contribution in [0.1, 0.15) is 5.56 Å². The fraction of sp³-hybridized carbons (Fsp3) is 0.185. The quantitative estimate of drug-likeness (QED) is 0.197. The average molecular weight is 516 g/mol. The van der Waals surface area contributed by atoms with Crippen LogP contribution in [0, 0.1) is 15.9 Å². The highest BCUT2D eigenvalue weighted by Crippen LogP contribution is 2.25. The second-order valence-electron chi connectivity index (χ2n) is 8.65. The Balaban J connectivity index is 1.23. The normalized spacial score (nSPS) is 13.1. The summed E-state index contributed by atoms with van der Waals surface area (Å²) >= 11 is 0. The molecule has 1 aromatic heterocycles. The lowest BCUT2D eigenvalue weighted by molar-refractivity contribution is -0.384. The number of non-ortho nitro benzene ring substituents is 1. The highest BCUT2D eigenvalue weighted by atomic mass is 19.1. The summed E-state index contributed by atoms with van der Waals surface area (Å²) in [6.45, 7) is 3.54. The number of rotatable bonds is 9.